The average Bonchev–Trinajstić information content (AvgIpc) is 3.27. The van der Waals surface area contributed by atoms with Gasteiger partial charge in [-0.15, -0.1) is 0 Å². The number of allylic oxidation sites excluding steroid dienone is 3. The minimum Gasteiger partial charge on any atom is -0.446 e. The molecular weight excluding hydrogens is 478 g/mol. The smallest absolute Gasteiger partial charge is 0.411 e. The van der Waals surface area contributed by atoms with Gasteiger partial charge < -0.3 is 4.74 Å². The molecule has 3 saturated carbocycles. The van der Waals surface area contributed by atoms with E-state index in [9.17, 15) is 4.79 Å². The second-order valence-electron chi connectivity index (χ2n) is 14.3. The molecule has 0 heterocycles. The first kappa shape index (κ1) is 28.5. The van der Waals surface area contributed by atoms with E-state index in [1.54, 1.807) is 5.57 Å². The first-order valence-electron chi connectivity index (χ1n) is 16.1. The van der Waals surface area contributed by atoms with Crippen LogP contribution in [0.25, 0.3) is 0 Å². The van der Waals surface area contributed by atoms with Crippen molar-refractivity contribution in [3.63, 3.8) is 0 Å². The molecule has 9 atom stereocenters. The number of anilines is 1. The number of ether oxygens (including phenoxy) is 1. The maximum absolute atomic E-state index is 12.6. The Labute approximate surface area is 238 Å². The zero-order chi connectivity index (χ0) is 27.8. The van der Waals surface area contributed by atoms with Crippen molar-refractivity contribution in [3.05, 3.63) is 54.1 Å². The van der Waals surface area contributed by atoms with Crippen LogP contribution >= 0.6 is 0 Å². The van der Waals surface area contributed by atoms with E-state index in [2.05, 4.69) is 65.1 Å². The summed E-state index contributed by atoms with van der Waals surface area (Å²) >= 11 is 0. The molecule has 4 aliphatic carbocycles. The zero-order valence-corrected chi connectivity index (χ0v) is 25.4. The number of para-hydroxylation sites is 1. The molecule has 0 bridgehead atoms. The molecule has 3 heteroatoms. The number of rotatable bonds is 7. The number of amides is 1. The average molecular weight is 532 g/mol. The van der Waals surface area contributed by atoms with Gasteiger partial charge in [0.2, 0.25) is 0 Å². The third-order valence-corrected chi connectivity index (χ3v) is 12.1. The predicted molar refractivity (Wildman–Crippen MR) is 162 cm³/mol. The van der Waals surface area contributed by atoms with Crippen LogP contribution in [-0.2, 0) is 4.74 Å². The Hall–Kier alpha value is -2.03. The lowest BCUT2D eigenvalue weighted by atomic mass is 9.47. The number of benzene rings is 1. The molecule has 0 unspecified atom stereocenters. The normalized spacial score (nSPS) is 37.4. The Morgan fingerprint density at radius 1 is 1.03 bits per heavy atom. The van der Waals surface area contributed by atoms with Crippen molar-refractivity contribution >= 4 is 11.8 Å². The summed E-state index contributed by atoms with van der Waals surface area (Å²) in [5, 5.41) is 2.90. The van der Waals surface area contributed by atoms with Gasteiger partial charge in [-0.1, -0.05) is 83.5 Å². The van der Waals surface area contributed by atoms with Gasteiger partial charge in [-0.2, -0.15) is 0 Å². The molecule has 1 amide bonds. The van der Waals surface area contributed by atoms with Gasteiger partial charge in [-0.25, -0.2) is 4.79 Å². The Kier molecular flexibility index (Phi) is 8.37. The van der Waals surface area contributed by atoms with E-state index in [1.165, 1.54) is 38.5 Å². The third kappa shape index (κ3) is 5.49. The molecule has 0 radical (unpaired) electrons. The first-order valence-corrected chi connectivity index (χ1v) is 16.1. The van der Waals surface area contributed by atoms with Gasteiger partial charge in [-0.3, -0.25) is 5.32 Å². The number of hydrogen-bond acceptors (Lipinski definition) is 2. The van der Waals surface area contributed by atoms with E-state index >= 15 is 0 Å². The fraction of sp³-hybridized carbons (Fsp3) is 0.694. The van der Waals surface area contributed by atoms with Crippen molar-refractivity contribution < 1.29 is 9.53 Å². The standard InChI is InChI=1S/C36H53NO2/c1-7-26(24(2)3)14-13-25(4)31-17-18-32-30-16-15-27-23-29(39-34(38)37-28-11-9-8-10-12-28)19-21-35(27,5)33(30)20-22-36(31,32)6/h8-15,24-26,29-33H,7,16-23H2,1-6H3,(H,37,38)/b14-13+/t25-,26-,29+,30+,31-,32+,33+,35+,36-/m1/s1. The predicted octanol–water partition coefficient (Wildman–Crippen LogP) is 10.1. The Bertz CT molecular complexity index is 1060. The van der Waals surface area contributed by atoms with E-state index < -0.39 is 0 Å². The van der Waals surface area contributed by atoms with Crippen LogP contribution in [0.3, 0.4) is 0 Å². The molecular formula is C36H53NO2. The van der Waals surface area contributed by atoms with Crippen LogP contribution in [0.1, 0.15) is 99.3 Å². The molecule has 5 rings (SSSR count). The number of hydrogen-bond donors (Lipinski definition) is 1. The van der Waals surface area contributed by atoms with Gasteiger partial charge in [0.05, 0.1) is 0 Å². The molecule has 0 aromatic heterocycles. The molecule has 4 aliphatic rings. The highest BCUT2D eigenvalue weighted by atomic mass is 16.6. The van der Waals surface area contributed by atoms with E-state index in [0.29, 0.717) is 17.3 Å². The van der Waals surface area contributed by atoms with E-state index in [-0.39, 0.29) is 17.6 Å². The van der Waals surface area contributed by atoms with Crippen LogP contribution in [0.4, 0.5) is 10.5 Å². The van der Waals surface area contributed by atoms with Crippen molar-refractivity contribution in [1.29, 1.82) is 0 Å². The van der Waals surface area contributed by atoms with E-state index in [4.69, 9.17) is 4.74 Å². The molecule has 0 spiro atoms. The number of fused-ring (bicyclic) bond motifs is 5. The second-order valence-corrected chi connectivity index (χ2v) is 14.3. The zero-order valence-electron chi connectivity index (χ0n) is 25.4. The molecule has 39 heavy (non-hydrogen) atoms. The maximum atomic E-state index is 12.6. The Morgan fingerprint density at radius 2 is 1.79 bits per heavy atom. The number of carbonyl (C=O) groups excluding carboxylic acids is 1. The van der Waals surface area contributed by atoms with E-state index in [1.807, 2.05) is 30.3 Å². The molecule has 1 aromatic rings. The topological polar surface area (TPSA) is 38.3 Å². The molecule has 3 fully saturated rings. The highest BCUT2D eigenvalue weighted by molar-refractivity contribution is 5.84. The van der Waals surface area contributed by atoms with E-state index in [0.717, 1.165) is 54.5 Å². The van der Waals surface area contributed by atoms with Gasteiger partial charge in [0.1, 0.15) is 6.10 Å². The lowest BCUT2D eigenvalue weighted by Crippen LogP contribution is -2.51. The second kappa shape index (κ2) is 11.5. The monoisotopic (exact) mass is 531 g/mol. The summed E-state index contributed by atoms with van der Waals surface area (Å²) in [4.78, 5) is 12.6. The summed E-state index contributed by atoms with van der Waals surface area (Å²) in [5.74, 6) is 5.37. The lowest BCUT2D eigenvalue weighted by molar-refractivity contribution is -0.0545. The van der Waals surface area contributed by atoms with Crippen LogP contribution < -0.4 is 5.32 Å². The molecule has 1 N–H and O–H groups in total. The summed E-state index contributed by atoms with van der Waals surface area (Å²) in [7, 11) is 0. The Balaban J connectivity index is 1.24. The third-order valence-electron chi connectivity index (χ3n) is 12.1. The van der Waals surface area contributed by atoms with Gasteiger partial charge in [-0.05, 0) is 116 Å². The maximum Gasteiger partial charge on any atom is 0.411 e. The van der Waals surface area contributed by atoms with Gasteiger partial charge in [0.25, 0.3) is 0 Å². The van der Waals surface area contributed by atoms with Crippen LogP contribution in [0, 0.1) is 52.3 Å². The highest BCUT2D eigenvalue weighted by Gasteiger charge is 2.59. The summed E-state index contributed by atoms with van der Waals surface area (Å²) in [6.07, 6.45) is 18.4. The van der Waals surface area contributed by atoms with Crippen LogP contribution in [0.15, 0.2) is 54.1 Å². The molecule has 0 aliphatic heterocycles. The quantitative estimate of drug-likeness (QED) is 0.355. The summed E-state index contributed by atoms with van der Waals surface area (Å²) in [6.45, 7) is 14.8. The van der Waals surface area contributed by atoms with Crippen molar-refractivity contribution in [2.75, 3.05) is 5.32 Å². The summed E-state index contributed by atoms with van der Waals surface area (Å²) < 4.78 is 5.92. The van der Waals surface area contributed by atoms with Crippen LogP contribution in [0.5, 0.6) is 0 Å². The van der Waals surface area contributed by atoms with Crippen LogP contribution in [0.2, 0.25) is 0 Å². The SMILES string of the molecule is CC[C@H](/C=C/[C@@H](C)[C@H]1CC[C@H]2[C@@H]3CC=C4C[C@@H](OC(=O)Nc5ccccc5)CC[C@]4(C)[C@H]3CC[C@]12C)C(C)C. The van der Waals surface area contributed by atoms with Gasteiger partial charge in [0, 0.05) is 12.1 Å². The molecule has 0 saturated heterocycles. The molecule has 1 aromatic carbocycles. The van der Waals surface area contributed by atoms with Crippen molar-refractivity contribution in [2.45, 2.75) is 105 Å². The molecule has 3 nitrogen and oxygen atoms in total. The fourth-order valence-corrected chi connectivity index (χ4v) is 9.73. The van der Waals surface area contributed by atoms with Gasteiger partial charge in [0.15, 0.2) is 0 Å². The largest absolute Gasteiger partial charge is 0.446 e. The fourth-order valence-electron chi connectivity index (χ4n) is 9.73. The summed E-state index contributed by atoms with van der Waals surface area (Å²) in [5.41, 5.74) is 3.11. The number of nitrogens with one attached hydrogen (secondary N) is 1. The van der Waals surface area contributed by atoms with Gasteiger partial charge >= 0.3 is 6.09 Å². The summed E-state index contributed by atoms with van der Waals surface area (Å²) in [6, 6.07) is 9.61. The van der Waals surface area contributed by atoms with Crippen molar-refractivity contribution in [1.82, 2.24) is 0 Å². The van der Waals surface area contributed by atoms with Crippen molar-refractivity contribution in [2.24, 2.45) is 52.3 Å². The van der Waals surface area contributed by atoms with Crippen LogP contribution in [-0.4, -0.2) is 12.2 Å². The minimum atomic E-state index is -0.323. The lowest BCUT2D eigenvalue weighted by Gasteiger charge is -2.58. The first-order chi connectivity index (χ1) is 18.7. The minimum absolute atomic E-state index is 0.0141. The molecule has 214 valence electrons. The number of carbonyl (C=O) groups is 1. The Morgan fingerprint density at radius 3 is 2.51 bits per heavy atom. The highest BCUT2D eigenvalue weighted by Crippen LogP contribution is 2.67. The van der Waals surface area contributed by atoms with Crippen molar-refractivity contribution in [3.8, 4) is 0 Å².